The van der Waals surface area contributed by atoms with Crippen molar-refractivity contribution in [2.45, 2.75) is 13.8 Å². The summed E-state index contributed by atoms with van der Waals surface area (Å²) < 4.78 is 1.04. The molecule has 78 valence electrons. The van der Waals surface area contributed by atoms with E-state index in [-0.39, 0.29) is 5.78 Å². The van der Waals surface area contributed by atoms with Crippen LogP contribution in [-0.4, -0.2) is 10.8 Å². The number of aryl methyl sites for hydroxylation is 1. The van der Waals surface area contributed by atoms with Gasteiger partial charge in [0.15, 0.2) is 5.78 Å². The molecule has 0 bridgehead atoms. The van der Waals surface area contributed by atoms with E-state index in [9.17, 15) is 4.79 Å². The summed E-state index contributed by atoms with van der Waals surface area (Å²) in [6.45, 7) is 3.48. The van der Waals surface area contributed by atoms with E-state index in [0.29, 0.717) is 5.69 Å². The first-order valence-electron chi connectivity index (χ1n) is 4.30. The number of carbonyl (C=O) groups excluding carboxylic acids is 1. The van der Waals surface area contributed by atoms with Crippen LogP contribution in [0.4, 0.5) is 0 Å². The lowest BCUT2D eigenvalue weighted by molar-refractivity contribution is 0.101. The minimum absolute atomic E-state index is 0.0290. The van der Waals surface area contributed by atoms with Crippen LogP contribution in [0.5, 0.6) is 0 Å². The summed E-state index contributed by atoms with van der Waals surface area (Å²) >= 11 is 6.64. The molecule has 0 N–H and O–H groups in total. The molecule has 0 fully saturated rings. The molecule has 0 radical (unpaired) electrons. The van der Waals surface area contributed by atoms with Crippen LogP contribution in [-0.2, 0) is 0 Å². The molecule has 0 aliphatic heterocycles. The third kappa shape index (κ3) is 2.04. The zero-order chi connectivity index (χ0) is 11.0. The number of nitrogens with zero attached hydrogens (tertiary/aromatic N) is 1. The Balaban J connectivity index is 2.52. The average Bonchev–Trinajstić information content (AvgIpc) is 2.71. The molecular formula is C10H8BrNOS2. The van der Waals surface area contributed by atoms with E-state index >= 15 is 0 Å². The molecule has 2 rings (SSSR count). The molecule has 0 aliphatic rings. The van der Waals surface area contributed by atoms with E-state index in [0.717, 1.165) is 19.9 Å². The van der Waals surface area contributed by atoms with Crippen LogP contribution in [0.2, 0.25) is 0 Å². The number of thiophene rings is 1. The van der Waals surface area contributed by atoms with Gasteiger partial charge in [0.2, 0.25) is 0 Å². The fourth-order valence-electron chi connectivity index (χ4n) is 1.27. The van der Waals surface area contributed by atoms with Gasteiger partial charge in [-0.1, -0.05) is 0 Å². The number of halogens is 1. The Labute approximate surface area is 104 Å². The molecule has 0 saturated heterocycles. The minimum atomic E-state index is 0.0290. The Morgan fingerprint density at radius 2 is 2.20 bits per heavy atom. The number of thiazole rings is 1. The number of hydrogen-bond donors (Lipinski definition) is 0. The van der Waals surface area contributed by atoms with E-state index in [1.165, 1.54) is 0 Å². The molecule has 2 aromatic heterocycles. The predicted molar refractivity (Wildman–Crippen MR) is 67.9 cm³/mol. The maximum absolute atomic E-state index is 11.3. The Morgan fingerprint density at radius 1 is 1.47 bits per heavy atom. The molecule has 0 spiro atoms. The van der Waals surface area contributed by atoms with Gasteiger partial charge in [0, 0.05) is 32.6 Å². The summed E-state index contributed by atoms with van der Waals surface area (Å²) in [5.74, 6) is 0.0290. The highest BCUT2D eigenvalue weighted by atomic mass is 79.9. The van der Waals surface area contributed by atoms with Gasteiger partial charge in [-0.2, -0.15) is 11.3 Å². The minimum Gasteiger partial charge on any atom is -0.293 e. The molecule has 15 heavy (non-hydrogen) atoms. The van der Waals surface area contributed by atoms with Gasteiger partial charge < -0.3 is 0 Å². The van der Waals surface area contributed by atoms with Crippen LogP contribution in [0.1, 0.15) is 22.3 Å². The second kappa shape index (κ2) is 4.15. The van der Waals surface area contributed by atoms with E-state index in [1.54, 1.807) is 29.6 Å². The van der Waals surface area contributed by atoms with E-state index in [2.05, 4.69) is 20.9 Å². The van der Waals surface area contributed by atoms with Crippen molar-refractivity contribution in [3.63, 3.8) is 0 Å². The van der Waals surface area contributed by atoms with Gasteiger partial charge >= 0.3 is 0 Å². The molecule has 0 saturated carbocycles. The smallest absolute Gasteiger partial charge is 0.179 e. The van der Waals surface area contributed by atoms with Crippen molar-refractivity contribution in [3.05, 3.63) is 25.8 Å². The molecule has 2 aromatic rings. The van der Waals surface area contributed by atoms with Crippen LogP contribution < -0.4 is 0 Å². The zero-order valence-corrected chi connectivity index (χ0v) is 11.4. The number of carbonyl (C=O) groups is 1. The summed E-state index contributed by atoms with van der Waals surface area (Å²) in [5, 5.41) is 4.96. The third-order valence-electron chi connectivity index (χ3n) is 1.98. The zero-order valence-electron chi connectivity index (χ0n) is 8.20. The van der Waals surface area contributed by atoms with Crippen LogP contribution in [0.15, 0.2) is 15.2 Å². The van der Waals surface area contributed by atoms with Crippen molar-refractivity contribution in [2.75, 3.05) is 0 Å². The summed E-state index contributed by atoms with van der Waals surface area (Å²) in [5.41, 5.74) is 1.66. The Bertz CT molecular complexity index is 515. The van der Waals surface area contributed by atoms with Crippen molar-refractivity contribution in [3.8, 4) is 10.6 Å². The standard InChI is InChI=1S/C10H8BrNOS2/c1-5(13)9-6(2)15-10(12-9)7-3-14-4-8(7)11/h3-4H,1-2H3. The maximum Gasteiger partial charge on any atom is 0.179 e. The normalized spacial score (nSPS) is 10.6. The first-order chi connectivity index (χ1) is 7.09. The molecule has 5 heteroatoms. The van der Waals surface area contributed by atoms with Gasteiger partial charge in [0.25, 0.3) is 0 Å². The molecule has 0 aromatic carbocycles. The summed E-state index contributed by atoms with van der Waals surface area (Å²) in [6.07, 6.45) is 0. The number of rotatable bonds is 2. The molecule has 2 heterocycles. The highest BCUT2D eigenvalue weighted by Gasteiger charge is 2.14. The van der Waals surface area contributed by atoms with Crippen molar-refractivity contribution >= 4 is 44.4 Å². The van der Waals surface area contributed by atoms with Gasteiger partial charge in [0.1, 0.15) is 10.7 Å². The number of Topliss-reactive ketones (excluding diaryl/α,β-unsaturated/α-hetero) is 1. The van der Waals surface area contributed by atoms with Gasteiger partial charge in [0.05, 0.1) is 0 Å². The van der Waals surface area contributed by atoms with Crippen LogP contribution in [0.25, 0.3) is 10.6 Å². The molecule has 0 amide bonds. The van der Waals surface area contributed by atoms with Crippen LogP contribution in [0, 0.1) is 6.92 Å². The Morgan fingerprint density at radius 3 is 2.67 bits per heavy atom. The lowest BCUT2D eigenvalue weighted by Gasteiger charge is -1.90. The van der Waals surface area contributed by atoms with E-state index in [4.69, 9.17) is 0 Å². The molecule has 0 aliphatic carbocycles. The fraction of sp³-hybridized carbons (Fsp3) is 0.200. The highest BCUT2D eigenvalue weighted by molar-refractivity contribution is 9.10. The first kappa shape index (κ1) is 11.0. The average molecular weight is 302 g/mol. The van der Waals surface area contributed by atoms with Gasteiger partial charge in [-0.25, -0.2) is 4.98 Å². The van der Waals surface area contributed by atoms with Crippen molar-refractivity contribution in [1.29, 1.82) is 0 Å². The SMILES string of the molecule is CC(=O)c1nc(-c2cscc2Br)sc1C. The van der Waals surface area contributed by atoms with Crippen LogP contribution in [0.3, 0.4) is 0 Å². The lowest BCUT2D eigenvalue weighted by atomic mass is 10.3. The van der Waals surface area contributed by atoms with Crippen molar-refractivity contribution in [1.82, 2.24) is 4.98 Å². The molecule has 0 atom stereocenters. The van der Waals surface area contributed by atoms with Crippen molar-refractivity contribution in [2.24, 2.45) is 0 Å². The van der Waals surface area contributed by atoms with Crippen LogP contribution >= 0.6 is 38.6 Å². The Hall–Kier alpha value is -0.520. The summed E-state index contributed by atoms with van der Waals surface area (Å²) in [7, 11) is 0. The highest BCUT2D eigenvalue weighted by Crippen LogP contribution is 2.35. The Kier molecular flexibility index (Phi) is 3.04. The quantitative estimate of drug-likeness (QED) is 0.780. The lowest BCUT2D eigenvalue weighted by Crippen LogP contribution is -1.94. The maximum atomic E-state index is 11.3. The molecular weight excluding hydrogens is 294 g/mol. The number of ketones is 1. The van der Waals surface area contributed by atoms with E-state index < -0.39 is 0 Å². The summed E-state index contributed by atoms with van der Waals surface area (Å²) in [6, 6.07) is 0. The predicted octanol–water partition coefficient (Wildman–Crippen LogP) is 4.15. The second-order valence-corrected chi connectivity index (χ2v) is 5.91. The second-order valence-electron chi connectivity index (χ2n) is 3.11. The first-order valence-corrected chi connectivity index (χ1v) is 6.85. The van der Waals surface area contributed by atoms with E-state index in [1.807, 2.05) is 17.7 Å². The van der Waals surface area contributed by atoms with Gasteiger partial charge in [-0.3, -0.25) is 4.79 Å². The molecule has 0 unspecified atom stereocenters. The van der Waals surface area contributed by atoms with Gasteiger partial charge in [-0.15, -0.1) is 11.3 Å². The monoisotopic (exact) mass is 301 g/mol. The topological polar surface area (TPSA) is 30.0 Å². The largest absolute Gasteiger partial charge is 0.293 e. The number of aromatic nitrogens is 1. The molecule has 2 nitrogen and oxygen atoms in total. The van der Waals surface area contributed by atoms with Gasteiger partial charge in [-0.05, 0) is 22.9 Å². The summed E-state index contributed by atoms with van der Waals surface area (Å²) in [4.78, 5) is 16.6. The van der Waals surface area contributed by atoms with Crippen molar-refractivity contribution < 1.29 is 4.79 Å². The fourth-order valence-corrected chi connectivity index (χ4v) is 3.94. The number of hydrogen-bond acceptors (Lipinski definition) is 4. The third-order valence-corrected chi connectivity index (χ3v) is 4.68.